The average Bonchev–Trinajstić information content (AvgIpc) is 3.61. The van der Waals surface area contributed by atoms with Gasteiger partial charge in [0.15, 0.2) is 5.13 Å². The van der Waals surface area contributed by atoms with Crippen LogP contribution < -0.4 is 10.6 Å². The Balaban J connectivity index is 1.22. The average molecular weight is 505 g/mol. The maximum Gasteiger partial charge on any atom is 0.229 e. The molecule has 1 saturated heterocycles. The summed E-state index contributed by atoms with van der Waals surface area (Å²) in [5.41, 5.74) is 0.991. The Morgan fingerprint density at radius 1 is 1.29 bits per heavy atom. The molecule has 2 heterocycles. The third-order valence-corrected chi connectivity index (χ3v) is 9.97. The van der Waals surface area contributed by atoms with Gasteiger partial charge in [0.1, 0.15) is 0 Å². The van der Waals surface area contributed by atoms with Crippen molar-refractivity contribution in [1.29, 1.82) is 0 Å². The number of aliphatic hydroxyl groups is 1. The molecule has 194 valence electrons. The molecule has 4 aliphatic rings. The second-order valence-electron chi connectivity index (χ2n) is 11.5. The van der Waals surface area contributed by atoms with Gasteiger partial charge in [0, 0.05) is 48.8 Å². The van der Waals surface area contributed by atoms with Crippen molar-refractivity contribution in [2.24, 2.45) is 29.1 Å². The molecule has 0 radical (unpaired) electrons. The Bertz CT molecular complexity index is 944. The number of carbonyl (C=O) groups is 2. The van der Waals surface area contributed by atoms with Crippen LogP contribution in [0.15, 0.2) is 0 Å². The molecule has 3 N–H and O–H groups in total. The molecule has 0 bridgehead atoms. The van der Waals surface area contributed by atoms with Gasteiger partial charge >= 0.3 is 0 Å². The number of anilines is 1. The molecule has 9 heteroatoms. The highest BCUT2D eigenvalue weighted by atomic mass is 32.1. The zero-order chi connectivity index (χ0) is 24.7. The van der Waals surface area contributed by atoms with E-state index in [2.05, 4.69) is 29.4 Å². The predicted molar refractivity (Wildman–Crippen MR) is 135 cm³/mol. The van der Waals surface area contributed by atoms with E-state index in [1.807, 2.05) is 6.92 Å². The van der Waals surface area contributed by atoms with Crippen LogP contribution in [0.25, 0.3) is 0 Å². The van der Waals surface area contributed by atoms with Gasteiger partial charge < -0.3 is 20.5 Å². The van der Waals surface area contributed by atoms with Crippen molar-refractivity contribution in [2.75, 3.05) is 44.7 Å². The van der Waals surface area contributed by atoms with Crippen molar-refractivity contribution >= 4 is 28.3 Å². The summed E-state index contributed by atoms with van der Waals surface area (Å²) in [5.74, 6) is 0.101. The molecule has 6 atom stereocenters. The van der Waals surface area contributed by atoms with Gasteiger partial charge in [0.25, 0.3) is 0 Å². The van der Waals surface area contributed by atoms with Gasteiger partial charge in [0.2, 0.25) is 11.8 Å². The van der Waals surface area contributed by atoms with Crippen LogP contribution in [0.5, 0.6) is 0 Å². The number of thiazole rings is 1. The molecule has 8 nitrogen and oxygen atoms in total. The number of hydrogen-bond acceptors (Lipinski definition) is 7. The molecular weight excluding hydrogens is 464 g/mol. The van der Waals surface area contributed by atoms with Gasteiger partial charge in [-0.1, -0.05) is 20.8 Å². The number of amides is 2. The number of nitrogens with one attached hydrogen (secondary N) is 2. The Morgan fingerprint density at radius 3 is 2.74 bits per heavy atom. The van der Waals surface area contributed by atoms with Crippen molar-refractivity contribution in [3.63, 3.8) is 0 Å². The number of carbonyl (C=O) groups excluding carboxylic acids is 2. The summed E-state index contributed by atoms with van der Waals surface area (Å²) < 4.78 is 5.39. The van der Waals surface area contributed by atoms with Gasteiger partial charge in [-0.15, -0.1) is 11.3 Å². The lowest BCUT2D eigenvalue weighted by Crippen LogP contribution is -2.53. The molecule has 0 spiro atoms. The number of rotatable bonds is 7. The van der Waals surface area contributed by atoms with E-state index in [-0.39, 0.29) is 46.8 Å². The van der Waals surface area contributed by atoms with Crippen LogP contribution >= 0.6 is 11.3 Å². The van der Waals surface area contributed by atoms with Crippen LogP contribution in [0.3, 0.4) is 0 Å². The van der Waals surface area contributed by atoms with Gasteiger partial charge in [-0.3, -0.25) is 14.5 Å². The van der Waals surface area contributed by atoms with Crippen LogP contribution in [-0.2, 0) is 20.7 Å². The van der Waals surface area contributed by atoms with E-state index in [0.717, 1.165) is 70.6 Å². The fourth-order valence-corrected chi connectivity index (χ4v) is 7.94. The summed E-state index contributed by atoms with van der Waals surface area (Å²) in [4.78, 5) is 33.6. The summed E-state index contributed by atoms with van der Waals surface area (Å²) in [5, 5.41) is 18.4. The minimum Gasteiger partial charge on any atom is -0.392 e. The lowest BCUT2D eigenvalue weighted by atomic mass is 9.53. The number of morpholine rings is 1. The summed E-state index contributed by atoms with van der Waals surface area (Å²) in [6, 6.07) is 0. The smallest absolute Gasteiger partial charge is 0.229 e. The van der Waals surface area contributed by atoms with Crippen LogP contribution in [0.2, 0.25) is 0 Å². The normalized spacial score (nSPS) is 33.9. The maximum atomic E-state index is 13.0. The highest BCUT2D eigenvalue weighted by Gasteiger charge is 2.54. The van der Waals surface area contributed by atoms with Crippen LogP contribution in [0.1, 0.15) is 62.9 Å². The SMILES string of the molecule is CC(C(=O)NCCN1CCOCC1)C1CCC2(C)Cc3sc(NC(=O)C4CC4)nc3C(C)C2C1O. The molecule has 0 aromatic carbocycles. The predicted octanol–water partition coefficient (Wildman–Crippen LogP) is 2.63. The molecular formula is C26H40N4O4S. The zero-order valence-corrected chi connectivity index (χ0v) is 22.0. The van der Waals surface area contributed by atoms with Crippen molar-refractivity contribution < 1.29 is 19.4 Å². The number of ether oxygens (including phenoxy) is 1. The third kappa shape index (κ3) is 5.15. The van der Waals surface area contributed by atoms with Crippen molar-refractivity contribution in [1.82, 2.24) is 15.2 Å². The molecule has 1 aromatic heterocycles. The monoisotopic (exact) mass is 504 g/mol. The Labute approximate surface area is 212 Å². The summed E-state index contributed by atoms with van der Waals surface area (Å²) >= 11 is 1.60. The topological polar surface area (TPSA) is 104 Å². The van der Waals surface area contributed by atoms with Crippen LogP contribution in [-0.4, -0.2) is 72.3 Å². The Kier molecular flexibility index (Phi) is 7.23. The Morgan fingerprint density at radius 2 is 2.03 bits per heavy atom. The first-order chi connectivity index (χ1) is 16.8. The largest absolute Gasteiger partial charge is 0.392 e. The second kappa shape index (κ2) is 10.1. The fraction of sp³-hybridized carbons (Fsp3) is 0.808. The van der Waals surface area contributed by atoms with Crippen LogP contribution in [0, 0.1) is 29.1 Å². The standard InChI is InChI=1S/C26H40N4O4S/c1-15(23(32)27-8-9-30-10-12-34-13-11-30)18-6-7-26(3)14-19-21(16(2)20(26)22(18)31)28-25(35-19)29-24(33)17-4-5-17/h15-18,20,22,31H,4-14H2,1-3H3,(H,27,32)(H,28,29,33). The van der Waals surface area contributed by atoms with Crippen LogP contribution in [0.4, 0.5) is 5.13 Å². The van der Waals surface area contributed by atoms with E-state index in [4.69, 9.17) is 9.72 Å². The fourth-order valence-electron chi connectivity index (χ4n) is 6.67. The molecule has 1 aromatic rings. The molecule has 2 saturated carbocycles. The van der Waals surface area contributed by atoms with Gasteiger partial charge in [-0.05, 0) is 49.4 Å². The summed E-state index contributed by atoms with van der Waals surface area (Å²) in [6.45, 7) is 11.2. The minimum atomic E-state index is -0.553. The molecule has 6 unspecified atom stereocenters. The number of nitrogens with zero attached hydrogens (tertiary/aromatic N) is 2. The van der Waals surface area contributed by atoms with Gasteiger partial charge in [0.05, 0.1) is 25.0 Å². The van der Waals surface area contributed by atoms with E-state index < -0.39 is 6.10 Å². The number of aliphatic hydroxyl groups excluding tert-OH is 1. The third-order valence-electron chi connectivity index (χ3n) is 8.99. The second-order valence-corrected chi connectivity index (χ2v) is 12.5. The summed E-state index contributed by atoms with van der Waals surface area (Å²) in [7, 11) is 0. The van der Waals surface area contributed by atoms with Crippen molar-refractivity contribution in [2.45, 2.75) is 64.9 Å². The zero-order valence-electron chi connectivity index (χ0n) is 21.2. The molecule has 2 amide bonds. The number of hydrogen-bond donors (Lipinski definition) is 3. The highest BCUT2D eigenvalue weighted by Crippen LogP contribution is 2.57. The van der Waals surface area contributed by atoms with E-state index in [1.54, 1.807) is 11.3 Å². The first kappa shape index (κ1) is 25.1. The van der Waals surface area contributed by atoms with E-state index in [9.17, 15) is 14.7 Å². The minimum absolute atomic E-state index is 0.0286. The molecule has 35 heavy (non-hydrogen) atoms. The molecule has 3 fully saturated rings. The van der Waals surface area contributed by atoms with E-state index in [1.165, 1.54) is 4.88 Å². The van der Waals surface area contributed by atoms with Crippen molar-refractivity contribution in [3.05, 3.63) is 10.6 Å². The van der Waals surface area contributed by atoms with Gasteiger partial charge in [-0.25, -0.2) is 4.98 Å². The molecule has 5 rings (SSSR count). The quantitative estimate of drug-likeness (QED) is 0.528. The van der Waals surface area contributed by atoms with Crippen molar-refractivity contribution in [3.8, 4) is 0 Å². The molecule has 1 aliphatic heterocycles. The lowest BCUT2D eigenvalue weighted by molar-refractivity contribution is -0.134. The number of fused-ring (bicyclic) bond motifs is 2. The number of aromatic nitrogens is 1. The highest BCUT2D eigenvalue weighted by molar-refractivity contribution is 7.15. The maximum absolute atomic E-state index is 13.0. The van der Waals surface area contributed by atoms with Gasteiger partial charge in [-0.2, -0.15) is 0 Å². The molecule has 3 aliphatic carbocycles. The first-order valence-corrected chi connectivity index (χ1v) is 14.1. The van der Waals surface area contributed by atoms with E-state index >= 15 is 0 Å². The first-order valence-electron chi connectivity index (χ1n) is 13.3. The van der Waals surface area contributed by atoms with E-state index in [0.29, 0.717) is 11.7 Å². The Hall–Kier alpha value is -1.55. The summed E-state index contributed by atoms with van der Waals surface area (Å²) in [6.07, 6.45) is 4.09. The lowest BCUT2D eigenvalue weighted by Gasteiger charge is -2.53.